The third kappa shape index (κ3) is 5.58. The molecule has 1 atom stereocenters. The van der Waals surface area contributed by atoms with E-state index in [1.54, 1.807) is 0 Å². The molecule has 0 saturated carbocycles. The molecular formula is C11H23NS. The minimum atomic E-state index is 0.820. The topological polar surface area (TPSA) is 12.0 Å². The summed E-state index contributed by atoms with van der Waals surface area (Å²) in [6.45, 7) is 3.51. The normalized spacial score (nSPS) is 23.3. The first-order chi connectivity index (χ1) is 6.43. The van der Waals surface area contributed by atoms with Crippen LogP contribution in [0.2, 0.25) is 0 Å². The van der Waals surface area contributed by atoms with E-state index in [1.165, 1.54) is 56.6 Å². The first kappa shape index (κ1) is 11.4. The molecule has 0 aromatic heterocycles. The van der Waals surface area contributed by atoms with Gasteiger partial charge in [-0.3, -0.25) is 0 Å². The summed E-state index contributed by atoms with van der Waals surface area (Å²) in [4.78, 5) is 0. The van der Waals surface area contributed by atoms with Crippen molar-refractivity contribution >= 4 is 11.8 Å². The summed E-state index contributed by atoms with van der Waals surface area (Å²) >= 11 is 2.11. The Morgan fingerprint density at radius 2 is 2.23 bits per heavy atom. The molecule has 0 aromatic rings. The van der Waals surface area contributed by atoms with Crippen molar-refractivity contribution in [2.24, 2.45) is 0 Å². The number of unbranched alkanes of at least 4 members (excludes halogenated alkanes) is 3. The van der Waals surface area contributed by atoms with E-state index in [2.05, 4.69) is 24.0 Å². The molecule has 1 nitrogen and oxygen atoms in total. The zero-order valence-corrected chi connectivity index (χ0v) is 9.67. The first-order valence-corrected chi connectivity index (χ1v) is 6.90. The van der Waals surface area contributed by atoms with Crippen LogP contribution in [0.15, 0.2) is 0 Å². The lowest BCUT2D eigenvalue weighted by molar-refractivity contribution is 0.490. The van der Waals surface area contributed by atoms with E-state index in [0.29, 0.717) is 0 Å². The van der Waals surface area contributed by atoms with Crippen LogP contribution in [0, 0.1) is 0 Å². The molecule has 1 saturated heterocycles. The Bertz CT molecular complexity index is 111. The summed E-state index contributed by atoms with van der Waals surface area (Å²) in [7, 11) is 0. The molecular weight excluding hydrogens is 178 g/mol. The third-order valence-electron chi connectivity index (χ3n) is 2.62. The molecule has 1 rings (SSSR count). The maximum atomic E-state index is 3.66. The van der Waals surface area contributed by atoms with E-state index in [4.69, 9.17) is 0 Å². The van der Waals surface area contributed by atoms with Crippen molar-refractivity contribution in [3.8, 4) is 0 Å². The van der Waals surface area contributed by atoms with Gasteiger partial charge >= 0.3 is 0 Å². The van der Waals surface area contributed by atoms with Gasteiger partial charge in [0.25, 0.3) is 0 Å². The second-order valence-corrected chi connectivity index (χ2v) is 5.08. The summed E-state index contributed by atoms with van der Waals surface area (Å²) in [5, 5.41) is 3.66. The highest BCUT2D eigenvalue weighted by Gasteiger charge is 2.11. The number of rotatable bonds is 6. The Balaban J connectivity index is 1.86. The van der Waals surface area contributed by atoms with Crippen LogP contribution < -0.4 is 5.32 Å². The predicted molar refractivity (Wildman–Crippen MR) is 62.5 cm³/mol. The molecule has 0 radical (unpaired) electrons. The molecule has 1 N–H and O–H groups in total. The van der Waals surface area contributed by atoms with Gasteiger partial charge in [-0.15, -0.1) is 0 Å². The second-order valence-electron chi connectivity index (χ2n) is 3.93. The molecule has 0 amide bonds. The van der Waals surface area contributed by atoms with Crippen LogP contribution in [-0.4, -0.2) is 24.1 Å². The molecule has 0 unspecified atom stereocenters. The Morgan fingerprint density at radius 1 is 1.31 bits per heavy atom. The Hall–Kier alpha value is 0.310. The minimum Gasteiger partial charge on any atom is -0.313 e. The van der Waals surface area contributed by atoms with E-state index in [-0.39, 0.29) is 0 Å². The van der Waals surface area contributed by atoms with Crippen LogP contribution in [0.25, 0.3) is 0 Å². The number of thioether (sulfide) groups is 1. The fraction of sp³-hybridized carbons (Fsp3) is 1.00. The molecule has 1 aliphatic rings. The lowest BCUT2D eigenvalue weighted by Gasteiger charge is -2.22. The summed E-state index contributed by atoms with van der Waals surface area (Å²) < 4.78 is 0. The molecule has 1 fully saturated rings. The van der Waals surface area contributed by atoms with Crippen LogP contribution in [-0.2, 0) is 0 Å². The second kappa shape index (κ2) is 7.69. The predicted octanol–water partition coefficient (Wildman–Crippen LogP) is 3.05. The lowest BCUT2D eigenvalue weighted by atomic mass is 10.1. The summed E-state index contributed by atoms with van der Waals surface area (Å²) in [6.07, 6.45) is 8.34. The van der Waals surface area contributed by atoms with Gasteiger partial charge in [-0.1, -0.05) is 26.2 Å². The molecule has 1 aliphatic heterocycles. The van der Waals surface area contributed by atoms with Gasteiger partial charge in [0.2, 0.25) is 0 Å². The van der Waals surface area contributed by atoms with E-state index < -0.39 is 0 Å². The monoisotopic (exact) mass is 201 g/mol. The molecule has 0 bridgehead atoms. The van der Waals surface area contributed by atoms with Gasteiger partial charge in [-0.2, -0.15) is 11.8 Å². The van der Waals surface area contributed by atoms with E-state index in [1.807, 2.05) is 0 Å². The lowest BCUT2D eigenvalue weighted by Crippen LogP contribution is -2.34. The van der Waals surface area contributed by atoms with Crippen LogP contribution in [0.3, 0.4) is 0 Å². The standard InChI is InChI=1S/C11H23NS/c1-2-3-4-5-8-12-11-7-6-9-13-10-11/h11-12H,2-10H2,1H3/t11-/m1/s1. The van der Waals surface area contributed by atoms with Crippen LogP contribution in [0.1, 0.15) is 45.4 Å². The average molecular weight is 201 g/mol. The maximum absolute atomic E-state index is 3.66. The van der Waals surface area contributed by atoms with Crippen molar-refractivity contribution in [2.45, 2.75) is 51.5 Å². The average Bonchev–Trinajstić information content (AvgIpc) is 2.19. The first-order valence-electron chi connectivity index (χ1n) is 5.74. The summed E-state index contributed by atoms with van der Waals surface area (Å²) in [6, 6.07) is 0.820. The molecule has 0 spiro atoms. The SMILES string of the molecule is CCCCCCN[C@@H]1CCCSC1. The van der Waals surface area contributed by atoms with Crippen molar-refractivity contribution in [1.29, 1.82) is 0 Å². The van der Waals surface area contributed by atoms with Gasteiger partial charge < -0.3 is 5.32 Å². The van der Waals surface area contributed by atoms with Crippen molar-refractivity contribution in [1.82, 2.24) is 5.32 Å². The Labute approximate surface area is 87.1 Å². The van der Waals surface area contributed by atoms with Gasteiger partial charge in [0.15, 0.2) is 0 Å². The van der Waals surface area contributed by atoms with Crippen molar-refractivity contribution in [3.63, 3.8) is 0 Å². The van der Waals surface area contributed by atoms with Gasteiger partial charge in [0.05, 0.1) is 0 Å². The van der Waals surface area contributed by atoms with E-state index in [9.17, 15) is 0 Å². The van der Waals surface area contributed by atoms with Gasteiger partial charge in [-0.25, -0.2) is 0 Å². The molecule has 2 heteroatoms. The van der Waals surface area contributed by atoms with Crippen molar-refractivity contribution < 1.29 is 0 Å². The van der Waals surface area contributed by atoms with E-state index in [0.717, 1.165) is 6.04 Å². The summed E-state index contributed by atoms with van der Waals surface area (Å²) in [5.41, 5.74) is 0. The third-order valence-corrected chi connectivity index (χ3v) is 3.84. The van der Waals surface area contributed by atoms with Gasteiger partial charge in [-0.05, 0) is 31.6 Å². The highest BCUT2D eigenvalue weighted by molar-refractivity contribution is 7.99. The zero-order chi connectivity index (χ0) is 9.36. The molecule has 0 aromatic carbocycles. The number of hydrogen-bond donors (Lipinski definition) is 1. The number of hydrogen-bond acceptors (Lipinski definition) is 2. The number of nitrogens with one attached hydrogen (secondary N) is 1. The largest absolute Gasteiger partial charge is 0.313 e. The maximum Gasteiger partial charge on any atom is 0.0158 e. The summed E-state index contributed by atoms with van der Waals surface area (Å²) in [5.74, 6) is 2.72. The fourth-order valence-electron chi connectivity index (χ4n) is 1.76. The van der Waals surface area contributed by atoms with Gasteiger partial charge in [0.1, 0.15) is 0 Å². The van der Waals surface area contributed by atoms with Gasteiger partial charge in [0, 0.05) is 11.8 Å². The molecule has 13 heavy (non-hydrogen) atoms. The van der Waals surface area contributed by atoms with Crippen LogP contribution in [0.5, 0.6) is 0 Å². The smallest absolute Gasteiger partial charge is 0.0158 e. The quantitative estimate of drug-likeness (QED) is 0.663. The van der Waals surface area contributed by atoms with Crippen LogP contribution in [0.4, 0.5) is 0 Å². The zero-order valence-electron chi connectivity index (χ0n) is 8.85. The Morgan fingerprint density at radius 3 is 2.92 bits per heavy atom. The van der Waals surface area contributed by atoms with Crippen LogP contribution >= 0.6 is 11.8 Å². The fourth-order valence-corrected chi connectivity index (χ4v) is 2.87. The highest BCUT2D eigenvalue weighted by atomic mass is 32.2. The minimum absolute atomic E-state index is 0.820. The Kier molecular flexibility index (Phi) is 6.73. The molecule has 0 aliphatic carbocycles. The highest BCUT2D eigenvalue weighted by Crippen LogP contribution is 2.16. The molecule has 78 valence electrons. The molecule has 1 heterocycles. The van der Waals surface area contributed by atoms with Crippen molar-refractivity contribution in [3.05, 3.63) is 0 Å². The van der Waals surface area contributed by atoms with Crippen molar-refractivity contribution in [2.75, 3.05) is 18.1 Å². The van der Waals surface area contributed by atoms with E-state index >= 15 is 0 Å².